The molecule has 0 saturated heterocycles. The molecule has 2 rings (SSSR count). The number of hydrogen-bond acceptors (Lipinski definition) is 1. The Morgan fingerprint density at radius 3 is 1.45 bits per heavy atom. The van der Waals surface area contributed by atoms with Crippen molar-refractivity contribution in [2.24, 2.45) is 0 Å². The highest BCUT2D eigenvalue weighted by molar-refractivity contribution is 9.08. The van der Waals surface area contributed by atoms with Crippen molar-refractivity contribution in [3.05, 3.63) is 66.6 Å². The summed E-state index contributed by atoms with van der Waals surface area (Å²) in [5, 5.41) is 2.54. The third-order valence-corrected chi connectivity index (χ3v) is 5.54. The summed E-state index contributed by atoms with van der Waals surface area (Å²) in [6, 6.07) is 6.48. The van der Waals surface area contributed by atoms with Crippen LogP contribution in [0.4, 0.5) is 0 Å². The maximum atomic E-state index is 12.8. The van der Waals surface area contributed by atoms with Gasteiger partial charge in [0, 0.05) is 31.8 Å². The number of hydrogen-bond donors (Lipinski definition) is 0. The Morgan fingerprint density at radius 1 is 0.773 bits per heavy atom. The van der Waals surface area contributed by atoms with E-state index in [1.165, 1.54) is 12.1 Å². The molecule has 2 aromatic carbocycles. The average Bonchev–Trinajstić information content (AvgIpc) is 2.50. The van der Waals surface area contributed by atoms with Gasteiger partial charge in [0.15, 0.2) is 5.78 Å². The molecule has 22 heavy (non-hydrogen) atoms. The molecule has 0 radical (unpaired) electrons. The van der Waals surface area contributed by atoms with E-state index in [1.807, 2.05) is 0 Å². The number of rotatable bonds is 4. The van der Waals surface area contributed by atoms with Crippen LogP contribution in [0.3, 0.4) is 0 Å². The zero-order valence-corrected chi connectivity index (χ0v) is 17.1. The summed E-state index contributed by atoms with van der Waals surface area (Å²) >= 11 is 31.4. The highest BCUT2D eigenvalue weighted by atomic mass is 79.9. The van der Waals surface area contributed by atoms with Gasteiger partial charge in [-0.15, -0.1) is 0 Å². The van der Waals surface area contributed by atoms with Crippen LogP contribution >= 0.6 is 78.3 Å². The SMILES string of the molecule is O=C(c1cc(Cl)cc(CBr)c1Cl)c1cc(Cl)cc(CBr)c1Cl. The Morgan fingerprint density at radius 2 is 1.14 bits per heavy atom. The summed E-state index contributed by atoms with van der Waals surface area (Å²) in [6.07, 6.45) is 0. The summed E-state index contributed by atoms with van der Waals surface area (Å²) in [5.41, 5.74) is 2.06. The van der Waals surface area contributed by atoms with Gasteiger partial charge in [-0.05, 0) is 35.4 Å². The van der Waals surface area contributed by atoms with Crippen LogP contribution in [0, 0.1) is 0 Å². The number of carbonyl (C=O) groups excluding carboxylic acids is 1. The molecule has 0 fully saturated rings. The van der Waals surface area contributed by atoms with Crippen LogP contribution in [0.2, 0.25) is 20.1 Å². The minimum atomic E-state index is -0.315. The van der Waals surface area contributed by atoms with E-state index in [-0.39, 0.29) is 5.78 Å². The summed E-state index contributed by atoms with van der Waals surface area (Å²) in [5.74, 6) is -0.315. The highest BCUT2D eigenvalue weighted by Gasteiger charge is 2.21. The van der Waals surface area contributed by atoms with Crippen LogP contribution in [0.25, 0.3) is 0 Å². The quantitative estimate of drug-likeness (QED) is 0.314. The number of benzene rings is 2. The molecular weight excluding hydrogens is 498 g/mol. The van der Waals surface area contributed by atoms with E-state index >= 15 is 0 Å². The lowest BCUT2D eigenvalue weighted by molar-refractivity contribution is 0.103. The Balaban J connectivity index is 2.63. The van der Waals surface area contributed by atoms with E-state index in [2.05, 4.69) is 31.9 Å². The lowest BCUT2D eigenvalue weighted by atomic mass is 10.00. The predicted octanol–water partition coefficient (Wildman–Crippen LogP) is 7.32. The number of carbonyl (C=O) groups is 1. The molecule has 0 heterocycles. The molecule has 2 aromatic rings. The molecule has 0 saturated carbocycles. The van der Waals surface area contributed by atoms with Crippen molar-refractivity contribution in [2.45, 2.75) is 10.7 Å². The Kier molecular flexibility index (Phi) is 6.64. The Labute approximate surface area is 165 Å². The first kappa shape index (κ1) is 18.6. The topological polar surface area (TPSA) is 17.1 Å². The summed E-state index contributed by atoms with van der Waals surface area (Å²) in [4.78, 5) is 12.8. The van der Waals surface area contributed by atoms with E-state index < -0.39 is 0 Å². The second kappa shape index (κ2) is 7.87. The molecule has 0 aliphatic heterocycles. The van der Waals surface area contributed by atoms with Gasteiger partial charge in [-0.3, -0.25) is 4.79 Å². The molecule has 0 atom stereocenters. The third-order valence-electron chi connectivity index (χ3n) is 3.00. The van der Waals surface area contributed by atoms with Gasteiger partial charge in [0.25, 0.3) is 0 Å². The highest BCUT2D eigenvalue weighted by Crippen LogP contribution is 2.33. The fourth-order valence-corrected chi connectivity index (χ4v) is 4.17. The van der Waals surface area contributed by atoms with Gasteiger partial charge in [0.05, 0.1) is 10.0 Å². The fraction of sp³-hybridized carbons (Fsp3) is 0.133. The number of halogens is 6. The molecule has 0 aliphatic carbocycles. The summed E-state index contributed by atoms with van der Waals surface area (Å²) in [7, 11) is 0. The molecule has 0 aromatic heterocycles. The van der Waals surface area contributed by atoms with Gasteiger partial charge < -0.3 is 0 Å². The van der Waals surface area contributed by atoms with Crippen molar-refractivity contribution in [2.75, 3.05) is 0 Å². The smallest absolute Gasteiger partial charge is 0.196 e. The maximum Gasteiger partial charge on any atom is 0.196 e. The van der Waals surface area contributed by atoms with Gasteiger partial charge >= 0.3 is 0 Å². The summed E-state index contributed by atoms with van der Waals surface area (Å²) in [6.45, 7) is 0. The lowest BCUT2D eigenvalue weighted by Gasteiger charge is -2.12. The van der Waals surface area contributed by atoms with Crippen molar-refractivity contribution in [1.82, 2.24) is 0 Å². The molecule has 0 amide bonds. The molecule has 0 bridgehead atoms. The lowest BCUT2D eigenvalue weighted by Crippen LogP contribution is -2.06. The van der Waals surface area contributed by atoms with Gasteiger partial charge in [-0.2, -0.15) is 0 Å². The van der Waals surface area contributed by atoms with Crippen LogP contribution in [0.5, 0.6) is 0 Å². The minimum absolute atomic E-state index is 0.299. The molecule has 7 heteroatoms. The second-order valence-electron chi connectivity index (χ2n) is 4.45. The zero-order chi connectivity index (χ0) is 16.4. The first-order valence-electron chi connectivity index (χ1n) is 6.01. The van der Waals surface area contributed by atoms with Crippen molar-refractivity contribution < 1.29 is 4.79 Å². The van der Waals surface area contributed by atoms with Crippen molar-refractivity contribution >= 4 is 84.0 Å². The first-order valence-corrected chi connectivity index (χ1v) is 9.77. The predicted molar refractivity (Wildman–Crippen MR) is 102 cm³/mol. The molecule has 0 N–H and O–H groups in total. The first-order chi connectivity index (χ1) is 10.4. The van der Waals surface area contributed by atoms with Gasteiger partial charge in [-0.25, -0.2) is 0 Å². The van der Waals surface area contributed by atoms with E-state index in [0.29, 0.717) is 41.9 Å². The van der Waals surface area contributed by atoms with Gasteiger partial charge in [-0.1, -0.05) is 78.3 Å². The standard InChI is InChI=1S/C15H8Br2Cl4O/c16-5-7-1-9(18)3-11(13(7)20)15(22)12-4-10(19)2-8(6-17)14(12)21/h1-4H,5-6H2. The van der Waals surface area contributed by atoms with Crippen molar-refractivity contribution in [3.63, 3.8) is 0 Å². The van der Waals surface area contributed by atoms with Crippen LogP contribution in [0.1, 0.15) is 27.0 Å². The van der Waals surface area contributed by atoms with E-state index in [0.717, 1.165) is 11.1 Å². The largest absolute Gasteiger partial charge is 0.288 e. The average molecular weight is 506 g/mol. The molecule has 116 valence electrons. The van der Waals surface area contributed by atoms with Crippen LogP contribution in [-0.4, -0.2) is 5.78 Å². The molecule has 0 spiro atoms. The van der Waals surface area contributed by atoms with Crippen LogP contribution in [-0.2, 0) is 10.7 Å². The van der Waals surface area contributed by atoms with Crippen molar-refractivity contribution in [1.29, 1.82) is 0 Å². The minimum Gasteiger partial charge on any atom is -0.288 e. The molecular formula is C15H8Br2Cl4O. The summed E-state index contributed by atoms with van der Waals surface area (Å²) < 4.78 is 0. The second-order valence-corrected chi connectivity index (χ2v) is 7.20. The van der Waals surface area contributed by atoms with Crippen LogP contribution < -0.4 is 0 Å². The maximum absolute atomic E-state index is 12.8. The Bertz CT molecular complexity index is 685. The number of ketones is 1. The molecule has 0 unspecified atom stereocenters. The molecule has 0 aliphatic rings. The van der Waals surface area contributed by atoms with Gasteiger partial charge in [0.1, 0.15) is 0 Å². The normalized spacial score (nSPS) is 10.8. The zero-order valence-electron chi connectivity index (χ0n) is 10.9. The van der Waals surface area contributed by atoms with E-state index in [1.54, 1.807) is 12.1 Å². The number of alkyl halides is 2. The fourth-order valence-electron chi connectivity index (χ4n) is 1.96. The third kappa shape index (κ3) is 3.82. The molecule has 1 nitrogen and oxygen atoms in total. The van der Waals surface area contributed by atoms with Crippen LogP contribution in [0.15, 0.2) is 24.3 Å². The van der Waals surface area contributed by atoms with E-state index in [9.17, 15) is 4.79 Å². The monoisotopic (exact) mass is 502 g/mol. The van der Waals surface area contributed by atoms with Crippen molar-refractivity contribution in [3.8, 4) is 0 Å². The Hall–Kier alpha value is 0.230. The van der Waals surface area contributed by atoms with Gasteiger partial charge in [0.2, 0.25) is 0 Å². The van der Waals surface area contributed by atoms with E-state index in [4.69, 9.17) is 46.4 Å².